The van der Waals surface area contributed by atoms with Crippen molar-refractivity contribution in [2.24, 2.45) is 5.92 Å². The van der Waals surface area contributed by atoms with E-state index in [0.29, 0.717) is 35.3 Å². The number of pyridine rings is 2. The summed E-state index contributed by atoms with van der Waals surface area (Å²) in [6.45, 7) is 23.1. The summed E-state index contributed by atoms with van der Waals surface area (Å²) < 4.78 is 8.98. The number of fused-ring (bicyclic) bond motifs is 4. The van der Waals surface area contributed by atoms with E-state index in [2.05, 4.69) is 169 Å². The molecule has 1 aliphatic carbocycles. The molecule has 8 aromatic rings. The van der Waals surface area contributed by atoms with Crippen molar-refractivity contribution in [3.05, 3.63) is 138 Å². The Bertz CT molecular complexity index is 2740. The van der Waals surface area contributed by atoms with Crippen LogP contribution < -0.4 is 5.19 Å². The van der Waals surface area contributed by atoms with Crippen LogP contribution in [0.5, 0.6) is 0 Å². The van der Waals surface area contributed by atoms with Gasteiger partial charge in [0, 0.05) is 49.0 Å². The van der Waals surface area contributed by atoms with Gasteiger partial charge in [0.1, 0.15) is 0 Å². The van der Waals surface area contributed by atoms with Gasteiger partial charge in [-0.15, -0.1) is 54.1 Å². The van der Waals surface area contributed by atoms with Gasteiger partial charge in [0.2, 0.25) is 5.71 Å². The first-order valence-corrected chi connectivity index (χ1v) is 25.6. The average molecular weight is 1000 g/mol. The summed E-state index contributed by atoms with van der Waals surface area (Å²) in [7, 11) is -1.34. The van der Waals surface area contributed by atoms with Crippen molar-refractivity contribution < 1.29 is 24.5 Å². The normalized spacial score (nSPS) is 14.0. The van der Waals surface area contributed by atoms with E-state index in [4.69, 9.17) is 14.4 Å². The molecule has 0 amide bonds. The van der Waals surface area contributed by atoms with Gasteiger partial charge < -0.3 is 14.0 Å². The molecular weight excluding hydrogens is 941 g/mol. The number of aromatic nitrogens is 4. The van der Waals surface area contributed by atoms with Crippen molar-refractivity contribution in [1.29, 1.82) is 0 Å². The molecule has 1 fully saturated rings. The second-order valence-corrected chi connectivity index (χ2v) is 23.8. The number of rotatable bonds is 9. The van der Waals surface area contributed by atoms with Crippen molar-refractivity contribution in [3.63, 3.8) is 0 Å². The Hall–Kier alpha value is -4.68. The first kappa shape index (κ1) is 44.4. The zero-order valence-corrected chi connectivity index (χ0v) is 41.0. The molecule has 9 rings (SSSR count). The molecule has 1 unspecified atom stereocenters. The topological polar surface area (TPSA) is 56.7 Å². The maximum absolute atomic E-state index is 6.64. The Morgan fingerprint density at radius 2 is 1.39 bits per heavy atom. The first-order valence-electron chi connectivity index (χ1n) is 22.1. The summed E-state index contributed by atoms with van der Waals surface area (Å²) in [5, 5.41) is 3.58. The van der Waals surface area contributed by atoms with Crippen molar-refractivity contribution in [2.75, 3.05) is 0 Å². The van der Waals surface area contributed by atoms with Crippen LogP contribution in [0.3, 0.4) is 0 Å². The van der Waals surface area contributed by atoms with Crippen LogP contribution in [0.25, 0.3) is 61.4 Å². The van der Waals surface area contributed by atoms with E-state index in [1.165, 1.54) is 53.2 Å². The van der Waals surface area contributed by atoms with Gasteiger partial charge >= 0.3 is 0 Å². The van der Waals surface area contributed by atoms with Crippen molar-refractivity contribution >= 4 is 46.4 Å². The van der Waals surface area contributed by atoms with Gasteiger partial charge in [-0.05, 0) is 82.8 Å². The van der Waals surface area contributed by atoms with Crippen LogP contribution in [0.15, 0.2) is 108 Å². The zero-order chi connectivity index (χ0) is 42.3. The van der Waals surface area contributed by atoms with Crippen LogP contribution >= 0.6 is 0 Å². The van der Waals surface area contributed by atoms with E-state index in [0.717, 1.165) is 55.7 Å². The molecule has 1 saturated carbocycles. The van der Waals surface area contributed by atoms with Crippen molar-refractivity contribution in [2.45, 2.75) is 117 Å². The molecule has 5 nitrogen and oxygen atoms in total. The zero-order valence-electron chi connectivity index (χ0n) is 37.6. The smallest absolute Gasteiger partial charge is 0.216 e. The minimum atomic E-state index is -1.34. The van der Waals surface area contributed by atoms with E-state index in [9.17, 15) is 0 Å². The molecule has 4 heterocycles. The predicted molar refractivity (Wildman–Crippen MR) is 255 cm³/mol. The maximum atomic E-state index is 6.64. The fourth-order valence-corrected chi connectivity index (χ4v) is 10.9. The quantitative estimate of drug-likeness (QED) is 0.107. The number of furan rings is 1. The third kappa shape index (κ3) is 8.85. The third-order valence-electron chi connectivity index (χ3n) is 12.6. The number of hydrogen-bond acceptors (Lipinski definition) is 4. The van der Waals surface area contributed by atoms with Gasteiger partial charge in [0.15, 0.2) is 0 Å². The Morgan fingerprint density at radius 1 is 0.705 bits per heavy atom. The second-order valence-electron chi connectivity index (χ2n) is 18.8. The predicted octanol–water partition coefficient (Wildman–Crippen LogP) is 14.5. The summed E-state index contributed by atoms with van der Waals surface area (Å²) in [6, 6.07) is 40.7. The Labute approximate surface area is 377 Å². The summed E-state index contributed by atoms with van der Waals surface area (Å²) in [6.07, 6.45) is 7.36. The number of para-hydroxylation sites is 3. The van der Waals surface area contributed by atoms with Gasteiger partial charge in [0.25, 0.3) is 0 Å². The first-order chi connectivity index (χ1) is 28.8. The molecule has 317 valence electrons. The standard InChI is InChI=1S/C37H38N3O.C17H22NSi.Ir/c1-22(2)26-14-10-15-27(23(3)4)34(26)40-33-19-9-8-18-32(33)38-36(40)30-17-11-16-28-29-20-21-31(39-37(29)41-35(28)30)24(5)25-12-6-7-13-25;1-13(2)15-11-16(14-9-7-6-8-10-14)18-12-17(15)19(3,4)5;/h8-11,14-16,18-25H,6-7,12-13H2,1-5H3;6-9,11-13H,1-5H3;/q2*-1;. The van der Waals surface area contributed by atoms with Crippen LogP contribution in [-0.2, 0) is 20.1 Å². The van der Waals surface area contributed by atoms with Gasteiger partial charge in [0.05, 0.1) is 30.5 Å². The summed E-state index contributed by atoms with van der Waals surface area (Å²) in [4.78, 5) is 15.0. The summed E-state index contributed by atoms with van der Waals surface area (Å²) >= 11 is 0. The number of imidazole rings is 1. The molecule has 0 bridgehead atoms. The molecule has 0 aliphatic heterocycles. The van der Waals surface area contributed by atoms with E-state index in [1.54, 1.807) is 0 Å². The molecule has 4 aromatic heterocycles. The number of nitrogens with zero attached hydrogens (tertiary/aromatic N) is 4. The van der Waals surface area contributed by atoms with E-state index in [1.807, 2.05) is 24.3 Å². The Balaban J connectivity index is 0.000000237. The molecule has 0 saturated heterocycles. The van der Waals surface area contributed by atoms with Crippen LogP contribution in [-0.4, -0.2) is 27.6 Å². The van der Waals surface area contributed by atoms with Crippen molar-refractivity contribution in [1.82, 2.24) is 19.5 Å². The largest absolute Gasteiger partial charge is 0.486 e. The molecule has 1 radical (unpaired) electrons. The number of benzene rings is 4. The SMILES string of the molecule is CC(C)c1cc(-c2[c-]cccc2)ncc1[Si](C)(C)C.CC(C)c1cccc(C(C)C)c1-n1c(-c2[c-]ccc3c2oc2nc(C(C)C4CCCC4)ccc23)nc2ccccc21.[Ir]. The maximum Gasteiger partial charge on any atom is 0.216 e. The van der Waals surface area contributed by atoms with Gasteiger partial charge in [-0.2, -0.15) is 0 Å². The molecule has 0 spiro atoms. The summed E-state index contributed by atoms with van der Waals surface area (Å²) in [5.41, 5.74) is 12.9. The molecule has 1 atom stereocenters. The van der Waals surface area contributed by atoms with E-state index in [-0.39, 0.29) is 20.1 Å². The molecule has 7 heteroatoms. The van der Waals surface area contributed by atoms with E-state index < -0.39 is 8.07 Å². The van der Waals surface area contributed by atoms with Gasteiger partial charge in [-0.3, -0.25) is 4.98 Å². The Kier molecular flexibility index (Phi) is 13.3. The monoisotopic (exact) mass is 1000 g/mol. The second kappa shape index (κ2) is 18.3. The molecule has 61 heavy (non-hydrogen) atoms. The molecule has 0 N–H and O–H groups in total. The molecular formula is C54H60IrN4OSi-2. The van der Waals surface area contributed by atoms with Crippen molar-refractivity contribution in [3.8, 4) is 28.3 Å². The van der Waals surface area contributed by atoms with Crippen LogP contribution in [0.2, 0.25) is 19.6 Å². The minimum Gasteiger partial charge on any atom is -0.486 e. The van der Waals surface area contributed by atoms with Gasteiger partial charge in [-0.1, -0.05) is 134 Å². The van der Waals surface area contributed by atoms with Crippen LogP contribution in [0, 0.1) is 18.1 Å². The minimum absolute atomic E-state index is 0. The van der Waals surface area contributed by atoms with Crippen LogP contribution in [0.4, 0.5) is 0 Å². The van der Waals surface area contributed by atoms with Gasteiger partial charge in [-0.25, -0.2) is 4.98 Å². The third-order valence-corrected chi connectivity index (χ3v) is 14.6. The molecule has 1 aliphatic rings. The van der Waals surface area contributed by atoms with Crippen LogP contribution in [0.1, 0.15) is 120 Å². The average Bonchev–Trinajstić information content (AvgIpc) is 4.01. The Morgan fingerprint density at radius 3 is 2.05 bits per heavy atom. The van der Waals surface area contributed by atoms with E-state index >= 15 is 0 Å². The number of hydrogen-bond donors (Lipinski definition) is 0. The fourth-order valence-electron chi connectivity index (χ4n) is 9.22. The summed E-state index contributed by atoms with van der Waals surface area (Å²) in [5.74, 6) is 3.25. The fraction of sp³-hybridized carbons (Fsp3) is 0.352. The molecule has 4 aromatic carbocycles.